The van der Waals surface area contributed by atoms with Crippen LogP contribution in [0.1, 0.15) is 5.56 Å². The summed E-state index contributed by atoms with van der Waals surface area (Å²) in [6, 6.07) is 9.13. The first-order chi connectivity index (χ1) is 14.4. The van der Waals surface area contributed by atoms with Crippen molar-refractivity contribution in [1.82, 2.24) is 19.7 Å². The van der Waals surface area contributed by atoms with Crippen LogP contribution in [0.15, 0.2) is 42.7 Å². The Morgan fingerprint density at radius 1 is 1.00 bits per heavy atom. The zero-order valence-corrected chi connectivity index (χ0v) is 17.3. The van der Waals surface area contributed by atoms with Crippen molar-refractivity contribution in [2.75, 3.05) is 51.0 Å². The van der Waals surface area contributed by atoms with Crippen LogP contribution in [0, 0.1) is 18.6 Å². The average molecular weight is 416 g/mol. The number of rotatable bonds is 10. The lowest BCUT2D eigenvalue weighted by molar-refractivity contribution is 0.126. The molecule has 2 aromatic carbocycles. The van der Waals surface area contributed by atoms with Gasteiger partial charge < -0.3 is 20.3 Å². The number of benzene rings is 2. The first-order valence-corrected chi connectivity index (χ1v) is 9.62. The molecular weight excluding hydrogens is 390 g/mol. The fraction of sp³-hybridized carbons (Fsp3) is 0.333. The van der Waals surface area contributed by atoms with E-state index in [1.165, 1.54) is 23.1 Å². The second-order valence-electron chi connectivity index (χ2n) is 7.20. The number of hydrogen-bond donors (Lipinski definition) is 2. The molecular formula is C21H26F2N6O. The molecule has 0 radical (unpaired) electrons. The van der Waals surface area contributed by atoms with Crippen LogP contribution < -0.4 is 10.6 Å². The van der Waals surface area contributed by atoms with Crippen molar-refractivity contribution in [1.29, 1.82) is 0 Å². The number of anilines is 3. The predicted octanol–water partition coefficient (Wildman–Crippen LogP) is 3.59. The van der Waals surface area contributed by atoms with Crippen LogP contribution in [0.5, 0.6) is 0 Å². The summed E-state index contributed by atoms with van der Waals surface area (Å²) in [7, 11) is 4.02. The molecule has 0 aliphatic rings. The van der Waals surface area contributed by atoms with Gasteiger partial charge in [0, 0.05) is 30.5 Å². The van der Waals surface area contributed by atoms with Gasteiger partial charge in [0.05, 0.1) is 18.9 Å². The predicted molar refractivity (Wildman–Crippen MR) is 114 cm³/mol. The van der Waals surface area contributed by atoms with Gasteiger partial charge in [-0.25, -0.2) is 13.5 Å². The van der Waals surface area contributed by atoms with Crippen LogP contribution in [0.4, 0.5) is 26.1 Å². The molecule has 7 nitrogen and oxygen atoms in total. The Labute approximate surface area is 174 Å². The molecule has 0 amide bonds. The number of aryl methyl sites for hydroxylation is 1. The Hall–Kier alpha value is -3.04. The molecule has 3 aromatic rings. The minimum Gasteiger partial charge on any atom is -0.383 e. The Kier molecular flexibility index (Phi) is 7.31. The van der Waals surface area contributed by atoms with E-state index in [-0.39, 0.29) is 5.69 Å². The van der Waals surface area contributed by atoms with Crippen LogP contribution in [0.25, 0.3) is 5.69 Å². The molecule has 9 heteroatoms. The van der Waals surface area contributed by atoms with E-state index in [1.54, 1.807) is 0 Å². The van der Waals surface area contributed by atoms with Gasteiger partial charge >= 0.3 is 0 Å². The topological polar surface area (TPSA) is 67.2 Å². The molecule has 0 saturated carbocycles. The highest BCUT2D eigenvalue weighted by Crippen LogP contribution is 2.21. The maximum absolute atomic E-state index is 13.4. The van der Waals surface area contributed by atoms with Crippen molar-refractivity contribution in [3.63, 3.8) is 0 Å². The molecule has 0 spiro atoms. The summed E-state index contributed by atoms with van der Waals surface area (Å²) in [5, 5.41) is 10.7. The number of nitrogens with one attached hydrogen (secondary N) is 2. The normalized spacial score (nSPS) is 11.1. The van der Waals surface area contributed by atoms with E-state index < -0.39 is 11.6 Å². The van der Waals surface area contributed by atoms with Crippen molar-refractivity contribution < 1.29 is 13.5 Å². The number of aromatic nitrogens is 3. The Bertz CT molecular complexity index is 956. The molecule has 160 valence electrons. The molecule has 0 aliphatic carbocycles. The highest BCUT2D eigenvalue weighted by molar-refractivity contribution is 5.63. The third-order valence-electron chi connectivity index (χ3n) is 4.20. The molecule has 0 saturated heterocycles. The molecule has 0 aliphatic heterocycles. The average Bonchev–Trinajstić information content (AvgIpc) is 3.11. The van der Waals surface area contributed by atoms with E-state index in [1.807, 2.05) is 39.2 Å². The zero-order chi connectivity index (χ0) is 21.5. The Balaban J connectivity index is 1.60. The third-order valence-corrected chi connectivity index (χ3v) is 4.20. The van der Waals surface area contributed by atoms with Crippen LogP contribution >= 0.6 is 0 Å². The fourth-order valence-electron chi connectivity index (χ4n) is 2.82. The maximum Gasteiger partial charge on any atom is 0.246 e. The summed E-state index contributed by atoms with van der Waals surface area (Å²) in [5.74, 6) is -1.02. The summed E-state index contributed by atoms with van der Waals surface area (Å²) < 4.78 is 33.8. The van der Waals surface area contributed by atoms with Gasteiger partial charge in [-0.15, -0.1) is 5.10 Å². The number of nitrogens with zero attached hydrogens (tertiary/aromatic N) is 4. The van der Waals surface area contributed by atoms with Crippen LogP contribution in [-0.4, -0.2) is 60.1 Å². The molecule has 1 aromatic heterocycles. The summed E-state index contributed by atoms with van der Waals surface area (Å²) in [5.41, 5.74) is 3.06. The first-order valence-electron chi connectivity index (χ1n) is 9.62. The standard InChI is InChI=1S/C21H26F2N6O/c1-15-8-18(24-4-6-30-7-5-28(2)3)13-19(9-15)26-21-25-14-29(27-21)20-11-16(22)10-17(23)12-20/h8-14,24H,4-7H2,1-3H3,(H,26,27). The largest absolute Gasteiger partial charge is 0.383 e. The van der Waals surface area contributed by atoms with E-state index in [0.717, 1.165) is 29.5 Å². The molecule has 2 N–H and O–H groups in total. The van der Waals surface area contributed by atoms with Gasteiger partial charge in [-0.3, -0.25) is 0 Å². The van der Waals surface area contributed by atoms with Gasteiger partial charge in [-0.05, 0) is 56.9 Å². The summed E-state index contributed by atoms with van der Waals surface area (Å²) in [6.45, 7) is 4.87. The summed E-state index contributed by atoms with van der Waals surface area (Å²) >= 11 is 0. The quantitative estimate of drug-likeness (QED) is 0.493. The molecule has 1 heterocycles. The Morgan fingerprint density at radius 2 is 1.73 bits per heavy atom. The van der Waals surface area contributed by atoms with Crippen molar-refractivity contribution in [3.8, 4) is 5.69 Å². The summed E-state index contributed by atoms with van der Waals surface area (Å²) in [6.07, 6.45) is 1.40. The molecule has 3 rings (SSSR count). The van der Waals surface area contributed by atoms with Crippen LogP contribution in [0.3, 0.4) is 0 Å². The maximum atomic E-state index is 13.4. The van der Waals surface area contributed by atoms with Gasteiger partial charge in [0.15, 0.2) is 0 Å². The fourth-order valence-corrected chi connectivity index (χ4v) is 2.82. The lowest BCUT2D eigenvalue weighted by atomic mass is 10.2. The van der Waals surface area contributed by atoms with Gasteiger partial charge in [0.25, 0.3) is 0 Å². The zero-order valence-electron chi connectivity index (χ0n) is 17.3. The van der Waals surface area contributed by atoms with Crippen molar-refractivity contribution >= 4 is 17.3 Å². The van der Waals surface area contributed by atoms with Gasteiger partial charge in [0.1, 0.15) is 18.0 Å². The minimum atomic E-state index is -0.671. The van der Waals surface area contributed by atoms with Gasteiger partial charge in [0.2, 0.25) is 5.95 Å². The number of hydrogen-bond acceptors (Lipinski definition) is 6. The van der Waals surface area contributed by atoms with E-state index in [4.69, 9.17) is 4.74 Å². The van der Waals surface area contributed by atoms with Gasteiger partial charge in [-0.2, -0.15) is 4.98 Å². The molecule has 0 unspecified atom stereocenters. The van der Waals surface area contributed by atoms with E-state index in [9.17, 15) is 8.78 Å². The highest BCUT2D eigenvalue weighted by Gasteiger charge is 2.07. The number of halogens is 2. The van der Waals surface area contributed by atoms with Crippen LogP contribution in [-0.2, 0) is 4.74 Å². The molecule has 0 fully saturated rings. The first kappa shape index (κ1) is 21.7. The Morgan fingerprint density at radius 3 is 2.47 bits per heavy atom. The van der Waals surface area contributed by atoms with Crippen molar-refractivity contribution in [2.24, 2.45) is 0 Å². The SMILES string of the molecule is Cc1cc(NCCOCCN(C)C)cc(Nc2ncn(-c3cc(F)cc(F)c3)n2)c1. The second kappa shape index (κ2) is 10.1. The molecule has 0 atom stereocenters. The number of ether oxygens (including phenoxy) is 1. The van der Waals surface area contributed by atoms with Crippen molar-refractivity contribution in [3.05, 3.63) is 59.9 Å². The molecule has 0 bridgehead atoms. The highest BCUT2D eigenvalue weighted by atomic mass is 19.1. The third kappa shape index (κ3) is 6.50. The van der Waals surface area contributed by atoms with E-state index >= 15 is 0 Å². The van der Waals surface area contributed by atoms with Gasteiger partial charge in [-0.1, -0.05) is 0 Å². The molecule has 30 heavy (non-hydrogen) atoms. The smallest absolute Gasteiger partial charge is 0.246 e. The van der Waals surface area contributed by atoms with E-state index in [2.05, 4.69) is 25.6 Å². The monoisotopic (exact) mass is 416 g/mol. The minimum absolute atomic E-state index is 0.258. The number of likely N-dealkylation sites (N-methyl/N-ethyl adjacent to an activating group) is 1. The lowest BCUT2D eigenvalue weighted by Gasteiger charge is -2.12. The summed E-state index contributed by atoms with van der Waals surface area (Å²) in [4.78, 5) is 6.24. The van der Waals surface area contributed by atoms with Crippen molar-refractivity contribution in [2.45, 2.75) is 6.92 Å². The van der Waals surface area contributed by atoms with E-state index in [0.29, 0.717) is 25.7 Å². The van der Waals surface area contributed by atoms with Crippen LogP contribution in [0.2, 0.25) is 0 Å². The lowest BCUT2D eigenvalue weighted by Crippen LogP contribution is -2.20. The second-order valence-corrected chi connectivity index (χ2v) is 7.20.